The van der Waals surface area contributed by atoms with Crippen LogP contribution < -0.4 is 0 Å². The smallest absolute Gasteiger partial charge is 0.234 e. The Morgan fingerprint density at radius 3 is 2.35 bits per heavy atom. The Balaban J connectivity index is 1.48. The van der Waals surface area contributed by atoms with Crippen LogP contribution >= 0.6 is 0 Å². The highest BCUT2D eigenvalue weighted by Crippen LogP contribution is 2.42. The highest BCUT2D eigenvalue weighted by molar-refractivity contribution is 6.07. The van der Waals surface area contributed by atoms with Gasteiger partial charge in [0.1, 0.15) is 5.84 Å². The number of hydrogen-bond acceptors (Lipinski definition) is 3. The summed E-state index contributed by atoms with van der Waals surface area (Å²) in [5.74, 6) is 2.15. The molecule has 3 aliphatic rings. The van der Waals surface area contributed by atoms with E-state index in [1.165, 1.54) is 32.1 Å². The molecule has 5 nitrogen and oxygen atoms in total. The molecule has 1 N–H and O–H groups in total. The van der Waals surface area contributed by atoms with Crippen LogP contribution in [-0.2, 0) is 9.59 Å². The fraction of sp³-hybridized carbons (Fsp3) is 0.885. The molecular weight excluding hydrogens is 386 g/mol. The lowest BCUT2D eigenvalue weighted by Gasteiger charge is -2.27. The van der Waals surface area contributed by atoms with Gasteiger partial charge in [-0.2, -0.15) is 0 Å². The predicted molar refractivity (Wildman–Crippen MR) is 126 cm³/mol. The van der Waals surface area contributed by atoms with E-state index in [0.29, 0.717) is 36.5 Å². The zero-order valence-electron chi connectivity index (χ0n) is 20.1. The lowest BCUT2D eigenvalue weighted by Crippen LogP contribution is -2.37. The van der Waals surface area contributed by atoms with Crippen LogP contribution in [0.15, 0.2) is 0 Å². The van der Waals surface area contributed by atoms with Gasteiger partial charge < -0.3 is 9.80 Å². The molecule has 1 unspecified atom stereocenters. The van der Waals surface area contributed by atoms with Crippen molar-refractivity contribution in [2.45, 2.75) is 110 Å². The van der Waals surface area contributed by atoms with Crippen LogP contribution in [0, 0.1) is 22.7 Å². The summed E-state index contributed by atoms with van der Waals surface area (Å²) in [6, 6.07) is 0. The number of unbranched alkanes of at least 4 members (excludes halogenated alkanes) is 2. The van der Waals surface area contributed by atoms with E-state index in [1.54, 1.807) is 4.90 Å². The van der Waals surface area contributed by atoms with Crippen molar-refractivity contribution in [3.8, 4) is 0 Å². The van der Waals surface area contributed by atoms with Gasteiger partial charge in [-0.1, -0.05) is 58.8 Å². The van der Waals surface area contributed by atoms with E-state index in [2.05, 4.69) is 18.7 Å². The topological polar surface area (TPSA) is 64.5 Å². The first-order valence-corrected chi connectivity index (χ1v) is 13.2. The zero-order chi connectivity index (χ0) is 22.3. The molecule has 0 radical (unpaired) electrons. The standard InChI is InChI=1S/C26H45N3O2/c1-3-5-14-26(15-6-4-2)19-23(27)29(25(26)31)17-13-22-12-16-28(20-22)24(30)18-21-10-8-7-9-11-21/h21-22,27H,3-20H2,1-2H3. The lowest BCUT2D eigenvalue weighted by molar-refractivity contribution is -0.136. The van der Waals surface area contributed by atoms with Gasteiger partial charge in [-0.3, -0.25) is 15.0 Å². The van der Waals surface area contributed by atoms with E-state index < -0.39 is 0 Å². The van der Waals surface area contributed by atoms with Crippen molar-refractivity contribution in [2.24, 2.45) is 17.3 Å². The molecule has 2 saturated heterocycles. The monoisotopic (exact) mass is 431 g/mol. The Morgan fingerprint density at radius 1 is 1.03 bits per heavy atom. The SMILES string of the molecule is CCCCC1(CCCC)CC(=N)N(CCC2CCN(C(=O)CC3CCCCC3)C2)C1=O. The molecule has 3 rings (SSSR count). The number of nitrogens with zero attached hydrogens (tertiary/aromatic N) is 2. The quantitative estimate of drug-likeness (QED) is 0.451. The second-order valence-electron chi connectivity index (χ2n) is 10.6. The molecule has 0 spiro atoms. The number of carbonyl (C=O) groups excluding carboxylic acids is 2. The molecule has 0 aromatic carbocycles. The van der Waals surface area contributed by atoms with Crippen molar-refractivity contribution < 1.29 is 9.59 Å². The van der Waals surface area contributed by atoms with E-state index in [-0.39, 0.29) is 11.3 Å². The van der Waals surface area contributed by atoms with Crippen molar-refractivity contribution in [2.75, 3.05) is 19.6 Å². The largest absolute Gasteiger partial charge is 0.342 e. The van der Waals surface area contributed by atoms with E-state index >= 15 is 0 Å². The maximum absolute atomic E-state index is 13.4. The molecule has 2 heterocycles. The van der Waals surface area contributed by atoms with Crippen LogP contribution in [0.3, 0.4) is 0 Å². The molecule has 5 heteroatoms. The summed E-state index contributed by atoms with van der Waals surface area (Å²) in [4.78, 5) is 30.0. The molecule has 1 aliphatic carbocycles. The number of amidine groups is 1. The maximum atomic E-state index is 13.4. The molecule has 0 aromatic rings. The van der Waals surface area contributed by atoms with Gasteiger partial charge in [0, 0.05) is 32.5 Å². The van der Waals surface area contributed by atoms with E-state index in [4.69, 9.17) is 5.41 Å². The molecule has 2 amide bonds. The van der Waals surface area contributed by atoms with Gasteiger partial charge in [0.25, 0.3) is 0 Å². The summed E-state index contributed by atoms with van der Waals surface area (Å²) < 4.78 is 0. The minimum Gasteiger partial charge on any atom is -0.342 e. The van der Waals surface area contributed by atoms with Gasteiger partial charge in [0.2, 0.25) is 11.8 Å². The molecule has 0 bridgehead atoms. The molecule has 1 atom stereocenters. The second kappa shape index (κ2) is 11.5. The molecule has 3 fully saturated rings. The van der Waals surface area contributed by atoms with E-state index in [1.807, 2.05) is 0 Å². The average Bonchev–Trinajstić information content (AvgIpc) is 3.33. The highest BCUT2D eigenvalue weighted by Gasteiger charge is 2.48. The minimum atomic E-state index is -0.319. The Morgan fingerprint density at radius 2 is 1.71 bits per heavy atom. The number of likely N-dealkylation sites (tertiary alicyclic amines) is 2. The van der Waals surface area contributed by atoms with Gasteiger partial charge in [0.15, 0.2) is 0 Å². The van der Waals surface area contributed by atoms with Gasteiger partial charge in [-0.05, 0) is 50.4 Å². The summed E-state index contributed by atoms with van der Waals surface area (Å²) in [6.07, 6.45) is 15.9. The van der Waals surface area contributed by atoms with Gasteiger partial charge >= 0.3 is 0 Å². The summed E-state index contributed by atoms with van der Waals surface area (Å²) >= 11 is 0. The first-order valence-electron chi connectivity index (χ1n) is 13.2. The van der Waals surface area contributed by atoms with E-state index in [0.717, 1.165) is 70.9 Å². The Kier molecular flexibility index (Phi) is 8.97. The van der Waals surface area contributed by atoms with Crippen LogP contribution in [0.1, 0.15) is 110 Å². The Bertz CT molecular complexity index is 618. The average molecular weight is 432 g/mol. The molecule has 1 saturated carbocycles. The van der Waals surface area contributed by atoms with Gasteiger partial charge in [-0.25, -0.2) is 0 Å². The second-order valence-corrected chi connectivity index (χ2v) is 10.6. The maximum Gasteiger partial charge on any atom is 0.234 e. The van der Waals surface area contributed by atoms with Gasteiger partial charge in [-0.15, -0.1) is 0 Å². The summed E-state index contributed by atoms with van der Waals surface area (Å²) in [7, 11) is 0. The molecule has 31 heavy (non-hydrogen) atoms. The summed E-state index contributed by atoms with van der Waals surface area (Å²) in [5, 5.41) is 8.53. The third kappa shape index (κ3) is 6.10. The minimum absolute atomic E-state index is 0.211. The summed E-state index contributed by atoms with van der Waals surface area (Å²) in [5.41, 5.74) is -0.319. The molecular formula is C26H45N3O2. The normalized spacial score (nSPS) is 24.4. The zero-order valence-corrected chi connectivity index (χ0v) is 20.1. The van der Waals surface area contributed by atoms with Crippen molar-refractivity contribution in [1.29, 1.82) is 5.41 Å². The third-order valence-corrected chi connectivity index (χ3v) is 8.14. The van der Waals surface area contributed by atoms with E-state index in [9.17, 15) is 9.59 Å². The van der Waals surface area contributed by atoms with Crippen molar-refractivity contribution in [3.63, 3.8) is 0 Å². The molecule has 176 valence electrons. The Labute approximate surface area is 189 Å². The number of nitrogens with one attached hydrogen (secondary N) is 1. The van der Waals surface area contributed by atoms with Crippen LogP contribution in [0.25, 0.3) is 0 Å². The van der Waals surface area contributed by atoms with Crippen LogP contribution in [0.4, 0.5) is 0 Å². The van der Waals surface area contributed by atoms with Crippen molar-refractivity contribution in [1.82, 2.24) is 9.80 Å². The third-order valence-electron chi connectivity index (χ3n) is 8.14. The Hall–Kier alpha value is -1.39. The first kappa shape index (κ1) is 24.3. The van der Waals surface area contributed by atoms with Gasteiger partial charge in [0.05, 0.1) is 5.41 Å². The fourth-order valence-electron chi connectivity index (χ4n) is 6.06. The number of carbonyl (C=O) groups is 2. The number of rotatable bonds is 11. The van der Waals surface area contributed by atoms with Crippen LogP contribution in [0.5, 0.6) is 0 Å². The molecule has 2 aliphatic heterocycles. The predicted octanol–water partition coefficient (Wildman–Crippen LogP) is 5.77. The van der Waals surface area contributed by atoms with Crippen LogP contribution in [-0.4, -0.2) is 47.1 Å². The summed E-state index contributed by atoms with van der Waals surface area (Å²) in [6.45, 7) is 6.73. The van der Waals surface area contributed by atoms with Crippen LogP contribution in [0.2, 0.25) is 0 Å². The number of amides is 2. The highest BCUT2D eigenvalue weighted by atomic mass is 16.2. The number of hydrogen-bond donors (Lipinski definition) is 1. The van der Waals surface area contributed by atoms with Crippen molar-refractivity contribution >= 4 is 17.6 Å². The fourth-order valence-corrected chi connectivity index (χ4v) is 6.06. The first-order chi connectivity index (χ1) is 15.0. The lowest BCUT2D eigenvalue weighted by atomic mass is 9.77. The van der Waals surface area contributed by atoms with Crippen molar-refractivity contribution in [3.05, 3.63) is 0 Å². The molecule has 0 aromatic heterocycles.